The normalized spacial score (nSPS) is 12.0. The van der Waals surface area contributed by atoms with Gasteiger partial charge in [0, 0.05) is 10.0 Å². The monoisotopic (exact) mass is 429 g/mol. The van der Waals surface area contributed by atoms with Gasteiger partial charge in [-0.15, -0.1) is 4.40 Å². The summed E-state index contributed by atoms with van der Waals surface area (Å²) in [4.78, 5) is 0.0996. The Hall–Kier alpha value is -2.44. The summed E-state index contributed by atoms with van der Waals surface area (Å²) in [5.41, 5.74) is 1.47. The van der Waals surface area contributed by atoms with Gasteiger partial charge in [-0.05, 0) is 55.0 Å². The molecular weight excluding hydrogens is 414 g/mol. The predicted molar refractivity (Wildman–Crippen MR) is 106 cm³/mol. The second kappa shape index (κ2) is 7.85. The van der Waals surface area contributed by atoms with Crippen LogP contribution in [0.5, 0.6) is 5.75 Å². The molecule has 0 aliphatic carbocycles. The molecule has 0 bridgehead atoms. The summed E-state index contributed by atoms with van der Waals surface area (Å²) in [6.07, 6.45) is 0. The van der Waals surface area contributed by atoms with E-state index in [1.54, 1.807) is 42.5 Å². The van der Waals surface area contributed by atoms with Gasteiger partial charge in [-0.2, -0.15) is 8.42 Å². The van der Waals surface area contributed by atoms with Crippen molar-refractivity contribution in [1.29, 1.82) is 0 Å². The van der Waals surface area contributed by atoms with Crippen molar-refractivity contribution < 1.29 is 13.2 Å². The van der Waals surface area contributed by atoms with Crippen molar-refractivity contribution in [2.45, 2.75) is 11.8 Å². The molecule has 0 unspecified atom stereocenters. The zero-order valence-corrected chi connectivity index (χ0v) is 16.4. The van der Waals surface area contributed by atoms with Gasteiger partial charge >= 0.3 is 0 Å². The molecule has 0 heterocycles. The highest BCUT2D eigenvalue weighted by atomic mass is 79.9. The topological polar surface area (TPSA) is 55.7 Å². The Bertz CT molecular complexity index is 1030. The van der Waals surface area contributed by atoms with Crippen molar-refractivity contribution in [2.24, 2.45) is 4.40 Å². The molecular formula is C20H16BrNO3S. The number of nitrogens with zero attached hydrogens (tertiary/aromatic N) is 1. The molecule has 0 saturated heterocycles. The quantitative estimate of drug-likeness (QED) is 0.434. The van der Waals surface area contributed by atoms with Gasteiger partial charge in [0.05, 0.1) is 4.90 Å². The number of benzene rings is 3. The maximum absolute atomic E-state index is 12.7. The van der Waals surface area contributed by atoms with E-state index >= 15 is 0 Å². The molecule has 0 radical (unpaired) electrons. The van der Waals surface area contributed by atoms with Crippen molar-refractivity contribution in [2.75, 3.05) is 0 Å². The predicted octanol–water partition coefficient (Wildman–Crippen LogP) is 4.97. The lowest BCUT2D eigenvalue weighted by Crippen LogP contribution is -2.14. The third-order valence-electron chi connectivity index (χ3n) is 3.64. The van der Waals surface area contributed by atoms with E-state index < -0.39 is 10.0 Å². The molecule has 0 N–H and O–H groups in total. The van der Waals surface area contributed by atoms with Crippen molar-refractivity contribution in [1.82, 2.24) is 0 Å². The van der Waals surface area contributed by atoms with Crippen LogP contribution in [0.2, 0.25) is 0 Å². The van der Waals surface area contributed by atoms with Crippen molar-refractivity contribution >= 4 is 31.9 Å². The van der Waals surface area contributed by atoms with E-state index in [9.17, 15) is 8.42 Å². The van der Waals surface area contributed by atoms with Gasteiger partial charge in [0.25, 0.3) is 10.0 Å². The van der Waals surface area contributed by atoms with Crippen molar-refractivity contribution in [3.63, 3.8) is 0 Å². The molecule has 3 rings (SSSR count). The smallest absolute Gasteiger partial charge is 0.285 e. The molecule has 0 saturated carbocycles. The van der Waals surface area contributed by atoms with E-state index in [1.165, 1.54) is 12.1 Å². The van der Waals surface area contributed by atoms with Crippen LogP contribution >= 0.6 is 15.9 Å². The van der Waals surface area contributed by atoms with Gasteiger partial charge in [0.2, 0.25) is 5.90 Å². The lowest BCUT2D eigenvalue weighted by atomic mass is 10.2. The van der Waals surface area contributed by atoms with Crippen LogP contribution in [0.3, 0.4) is 0 Å². The van der Waals surface area contributed by atoms with E-state index in [1.807, 2.05) is 31.2 Å². The van der Waals surface area contributed by atoms with E-state index in [2.05, 4.69) is 20.3 Å². The minimum absolute atomic E-state index is 0.0304. The van der Waals surface area contributed by atoms with E-state index in [0.29, 0.717) is 11.3 Å². The lowest BCUT2D eigenvalue weighted by Gasteiger charge is -2.11. The first kappa shape index (κ1) is 18.4. The molecule has 0 aliphatic heterocycles. The highest BCUT2D eigenvalue weighted by Gasteiger charge is 2.17. The Balaban J connectivity index is 2.07. The highest BCUT2D eigenvalue weighted by Crippen LogP contribution is 2.21. The van der Waals surface area contributed by atoms with Crippen LogP contribution in [0, 0.1) is 6.92 Å². The van der Waals surface area contributed by atoms with Crippen LogP contribution < -0.4 is 4.74 Å². The number of rotatable bonds is 4. The third-order valence-corrected chi connectivity index (χ3v) is 5.44. The van der Waals surface area contributed by atoms with Crippen LogP contribution in [0.1, 0.15) is 11.1 Å². The first-order chi connectivity index (χ1) is 12.5. The van der Waals surface area contributed by atoms with Crippen molar-refractivity contribution in [3.8, 4) is 5.75 Å². The molecule has 0 aromatic heterocycles. The second-order valence-corrected chi connectivity index (χ2v) is 8.08. The van der Waals surface area contributed by atoms with Gasteiger partial charge < -0.3 is 4.74 Å². The fourth-order valence-electron chi connectivity index (χ4n) is 2.25. The SMILES string of the molecule is Cc1ccccc1O/C(=N/S(=O)(=O)c1ccc(Br)cc1)c1ccccc1. The largest absolute Gasteiger partial charge is 0.437 e. The Labute approximate surface area is 161 Å². The standard InChI is InChI=1S/C20H16BrNO3S/c1-15-7-5-6-10-19(15)25-20(16-8-3-2-4-9-16)22-26(23,24)18-13-11-17(21)12-14-18/h2-14H,1H3/b22-20+. The summed E-state index contributed by atoms with van der Waals surface area (Å²) >= 11 is 3.30. The van der Waals surface area contributed by atoms with Crippen LogP contribution in [0.25, 0.3) is 0 Å². The van der Waals surface area contributed by atoms with Gasteiger partial charge in [-0.1, -0.05) is 52.3 Å². The number of ether oxygens (including phenoxy) is 1. The summed E-state index contributed by atoms with van der Waals surface area (Å²) in [7, 11) is -3.92. The molecule has 3 aromatic rings. The summed E-state index contributed by atoms with van der Waals surface area (Å²) < 4.78 is 36.1. The second-order valence-electron chi connectivity index (χ2n) is 5.56. The van der Waals surface area contributed by atoms with Crippen LogP contribution in [0.15, 0.2) is 92.6 Å². The summed E-state index contributed by atoms with van der Waals surface area (Å²) in [6, 6.07) is 22.7. The Morgan fingerprint density at radius 3 is 2.15 bits per heavy atom. The number of para-hydroxylation sites is 1. The molecule has 3 aromatic carbocycles. The minimum Gasteiger partial charge on any atom is -0.437 e. The summed E-state index contributed by atoms with van der Waals surface area (Å²) in [5, 5.41) is 0. The van der Waals surface area contributed by atoms with Gasteiger partial charge in [0.15, 0.2) is 0 Å². The summed E-state index contributed by atoms with van der Waals surface area (Å²) in [6.45, 7) is 1.89. The van der Waals surface area contributed by atoms with Crippen LogP contribution in [-0.2, 0) is 10.0 Å². The molecule has 0 amide bonds. The van der Waals surface area contributed by atoms with Crippen LogP contribution in [-0.4, -0.2) is 14.3 Å². The first-order valence-corrected chi connectivity index (χ1v) is 10.1. The number of hydrogen-bond donors (Lipinski definition) is 0. The molecule has 0 aliphatic rings. The van der Waals surface area contributed by atoms with Crippen molar-refractivity contribution in [3.05, 3.63) is 94.5 Å². The van der Waals surface area contributed by atoms with Crippen LogP contribution in [0.4, 0.5) is 0 Å². The van der Waals surface area contributed by atoms with Gasteiger partial charge in [-0.25, -0.2) is 0 Å². The zero-order valence-electron chi connectivity index (χ0n) is 14.0. The fourth-order valence-corrected chi connectivity index (χ4v) is 3.47. The maximum Gasteiger partial charge on any atom is 0.285 e. The van der Waals surface area contributed by atoms with E-state index in [-0.39, 0.29) is 10.8 Å². The Morgan fingerprint density at radius 1 is 0.885 bits per heavy atom. The molecule has 6 heteroatoms. The maximum atomic E-state index is 12.7. The van der Waals surface area contributed by atoms with E-state index in [0.717, 1.165) is 10.0 Å². The zero-order chi connectivity index (χ0) is 18.6. The number of halogens is 1. The average Bonchev–Trinajstić information content (AvgIpc) is 2.64. The molecule has 0 atom stereocenters. The highest BCUT2D eigenvalue weighted by molar-refractivity contribution is 9.10. The van der Waals surface area contributed by atoms with Gasteiger partial charge in [0.1, 0.15) is 5.75 Å². The van der Waals surface area contributed by atoms with E-state index in [4.69, 9.17) is 4.74 Å². The molecule has 4 nitrogen and oxygen atoms in total. The Kier molecular flexibility index (Phi) is 5.54. The number of aryl methyl sites for hydroxylation is 1. The molecule has 0 fully saturated rings. The molecule has 0 spiro atoms. The third kappa shape index (κ3) is 4.39. The Morgan fingerprint density at radius 2 is 1.50 bits per heavy atom. The molecule has 132 valence electrons. The first-order valence-electron chi connectivity index (χ1n) is 7.85. The number of sulfonamides is 1. The average molecular weight is 430 g/mol. The minimum atomic E-state index is -3.92. The molecule has 26 heavy (non-hydrogen) atoms. The fraction of sp³-hybridized carbons (Fsp3) is 0.0500. The van der Waals surface area contributed by atoms with Gasteiger partial charge in [-0.3, -0.25) is 0 Å². The lowest BCUT2D eigenvalue weighted by molar-refractivity contribution is 0.546. The summed E-state index contributed by atoms with van der Waals surface area (Å²) in [5.74, 6) is 0.587. The number of hydrogen-bond acceptors (Lipinski definition) is 3.